The maximum Gasteiger partial charge on any atom is 0.141 e. The number of para-hydroxylation sites is 3. The number of aromatic hydroxyl groups is 3. The predicted molar refractivity (Wildman–Crippen MR) is 107 cm³/mol. The molecule has 0 aliphatic carbocycles. The summed E-state index contributed by atoms with van der Waals surface area (Å²) in [6, 6.07) is 17.2. The van der Waals surface area contributed by atoms with Crippen LogP contribution in [-0.2, 0) is 0 Å². The van der Waals surface area contributed by atoms with Crippen molar-refractivity contribution in [2.45, 2.75) is 13.8 Å². The van der Waals surface area contributed by atoms with Crippen molar-refractivity contribution in [3.63, 3.8) is 0 Å². The van der Waals surface area contributed by atoms with Crippen molar-refractivity contribution < 1.29 is 15.3 Å². The minimum Gasteiger partial charge on any atom is -0.506 e. The first-order valence-electron chi connectivity index (χ1n) is 7.85. The van der Waals surface area contributed by atoms with Crippen LogP contribution in [0.3, 0.4) is 0 Å². The predicted octanol–water partition coefficient (Wildman–Crippen LogP) is 3.54. The first-order valence-corrected chi connectivity index (χ1v) is 7.85. The third kappa shape index (κ3) is 6.52. The summed E-state index contributed by atoms with van der Waals surface area (Å²) in [6.07, 6.45) is 0. The van der Waals surface area contributed by atoms with Crippen LogP contribution in [0.1, 0.15) is 11.1 Å². The number of nitrogen functional groups attached to an aromatic ring is 3. The van der Waals surface area contributed by atoms with Crippen LogP contribution in [0.25, 0.3) is 0 Å². The standard InChI is InChI=1S/2C7H9NO.C6H7NO/c1-5-2-3-6(8)7(9)4-5;1-5-3-2-4-6(8)7(5)9;7-5-3-1-2-4-6(5)8/h2*2-4,9H,8H2,1H3;1-4,8H,7H2. The number of hydrogen-bond acceptors (Lipinski definition) is 6. The molecule has 3 aromatic carbocycles. The number of aryl methyl sites for hydroxylation is 2. The molecular weight excluding hydrogens is 330 g/mol. The Bertz CT molecular complexity index is 810. The van der Waals surface area contributed by atoms with Gasteiger partial charge in [0.2, 0.25) is 0 Å². The van der Waals surface area contributed by atoms with Gasteiger partial charge in [-0.05, 0) is 55.3 Å². The molecule has 138 valence electrons. The van der Waals surface area contributed by atoms with E-state index in [1.807, 2.05) is 32.0 Å². The minimum absolute atomic E-state index is 0.146. The number of anilines is 3. The van der Waals surface area contributed by atoms with Crippen LogP contribution >= 0.6 is 0 Å². The fraction of sp³-hybridized carbons (Fsp3) is 0.100. The van der Waals surface area contributed by atoms with Crippen LogP contribution in [0.4, 0.5) is 17.1 Å². The van der Waals surface area contributed by atoms with Gasteiger partial charge >= 0.3 is 0 Å². The number of rotatable bonds is 0. The molecule has 0 heterocycles. The van der Waals surface area contributed by atoms with Crippen molar-refractivity contribution >= 4 is 17.1 Å². The highest BCUT2D eigenvalue weighted by molar-refractivity contribution is 5.55. The van der Waals surface area contributed by atoms with Crippen LogP contribution in [0.15, 0.2) is 60.7 Å². The zero-order chi connectivity index (χ0) is 19.7. The monoisotopic (exact) mass is 355 g/mol. The van der Waals surface area contributed by atoms with E-state index in [-0.39, 0.29) is 17.2 Å². The first kappa shape index (κ1) is 20.5. The maximum atomic E-state index is 9.08. The van der Waals surface area contributed by atoms with Crippen LogP contribution in [0.5, 0.6) is 17.2 Å². The van der Waals surface area contributed by atoms with Crippen molar-refractivity contribution in [1.29, 1.82) is 0 Å². The van der Waals surface area contributed by atoms with Gasteiger partial charge < -0.3 is 32.5 Å². The van der Waals surface area contributed by atoms with E-state index >= 15 is 0 Å². The van der Waals surface area contributed by atoms with Gasteiger partial charge in [-0.15, -0.1) is 0 Å². The van der Waals surface area contributed by atoms with Crippen molar-refractivity contribution in [3.8, 4) is 17.2 Å². The molecule has 26 heavy (non-hydrogen) atoms. The van der Waals surface area contributed by atoms with Crippen molar-refractivity contribution in [2.24, 2.45) is 0 Å². The fourth-order valence-electron chi connectivity index (χ4n) is 1.82. The Hall–Kier alpha value is -3.54. The second-order valence-electron chi connectivity index (χ2n) is 5.63. The molecule has 3 aromatic rings. The summed E-state index contributed by atoms with van der Waals surface area (Å²) in [4.78, 5) is 0. The maximum absolute atomic E-state index is 9.08. The van der Waals surface area contributed by atoms with Gasteiger partial charge in [-0.1, -0.05) is 30.3 Å². The normalized spacial score (nSPS) is 9.31. The van der Waals surface area contributed by atoms with E-state index in [9.17, 15) is 0 Å². The molecule has 0 aliphatic rings. The first-order chi connectivity index (χ1) is 12.2. The molecule has 9 N–H and O–H groups in total. The number of nitrogens with two attached hydrogens (primary N) is 3. The lowest BCUT2D eigenvalue weighted by Gasteiger charge is -1.99. The average molecular weight is 355 g/mol. The topological polar surface area (TPSA) is 139 Å². The molecule has 0 bridgehead atoms. The quantitative estimate of drug-likeness (QED) is 0.269. The van der Waals surface area contributed by atoms with Crippen molar-refractivity contribution in [1.82, 2.24) is 0 Å². The van der Waals surface area contributed by atoms with Crippen LogP contribution in [0.2, 0.25) is 0 Å². The van der Waals surface area contributed by atoms with Gasteiger partial charge in [-0.2, -0.15) is 0 Å². The van der Waals surface area contributed by atoms with E-state index in [2.05, 4.69) is 0 Å². The summed E-state index contributed by atoms with van der Waals surface area (Å²) in [6.45, 7) is 3.71. The summed E-state index contributed by atoms with van der Waals surface area (Å²) in [5.74, 6) is 0.500. The highest BCUT2D eigenvalue weighted by atomic mass is 16.3. The number of phenols is 3. The molecular formula is C20H25N3O3. The van der Waals surface area contributed by atoms with Gasteiger partial charge in [0.15, 0.2) is 0 Å². The Labute approximate surface area is 153 Å². The molecule has 0 amide bonds. The molecule has 6 nitrogen and oxygen atoms in total. The Morgan fingerprint density at radius 3 is 1.62 bits per heavy atom. The Morgan fingerprint density at radius 2 is 1.19 bits per heavy atom. The lowest BCUT2D eigenvalue weighted by atomic mass is 10.2. The van der Waals surface area contributed by atoms with Crippen LogP contribution in [0, 0.1) is 13.8 Å². The summed E-state index contributed by atoms with van der Waals surface area (Å²) in [5, 5.41) is 26.9. The van der Waals surface area contributed by atoms with Gasteiger partial charge in [0.1, 0.15) is 17.2 Å². The SMILES string of the molecule is Cc1ccc(N)c(O)c1.Cc1cccc(N)c1O.Nc1ccccc1O. The van der Waals surface area contributed by atoms with E-state index < -0.39 is 0 Å². The Morgan fingerprint density at radius 1 is 0.615 bits per heavy atom. The molecule has 0 fully saturated rings. The average Bonchev–Trinajstić information content (AvgIpc) is 2.60. The minimum atomic E-state index is 0.146. The smallest absolute Gasteiger partial charge is 0.141 e. The number of hydrogen-bond donors (Lipinski definition) is 6. The Kier molecular flexibility index (Phi) is 7.64. The van der Waals surface area contributed by atoms with E-state index in [0.29, 0.717) is 17.1 Å². The van der Waals surface area contributed by atoms with Gasteiger partial charge in [-0.3, -0.25) is 0 Å². The second-order valence-corrected chi connectivity index (χ2v) is 5.63. The summed E-state index contributed by atoms with van der Waals surface area (Å²) in [7, 11) is 0. The molecule has 0 saturated heterocycles. The van der Waals surface area contributed by atoms with Crippen molar-refractivity contribution in [3.05, 3.63) is 71.8 Å². The van der Waals surface area contributed by atoms with Crippen LogP contribution < -0.4 is 17.2 Å². The molecule has 0 spiro atoms. The summed E-state index contributed by atoms with van der Waals surface area (Å²) >= 11 is 0. The number of benzene rings is 3. The van der Waals surface area contributed by atoms with Crippen LogP contribution in [-0.4, -0.2) is 15.3 Å². The van der Waals surface area contributed by atoms with Gasteiger partial charge in [-0.25, -0.2) is 0 Å². The molecule has 0 radical (unpaired) electrons. The molecule has 0 atom stereocenters. The van der Waals surface area contributed by atoms with Gasteiger partial charge in [0.25, 0.3) is 0 Å². The van der Waals surface area contributed by atoms with E-state index in [4.69, 9.17) is 32.5 Å². The Balaban J connectivity index is 0.000000195. The lowest BCUT2D eigenvalue weighted by molar-refractivity contribution is 0.474. The molecule has 6 heteroatoms. The number of phenolic OH excluding ortho intramolecular Hbond substituents is 3. The molecule has 0 saturated carbocycles. The molecule has 0 aliphatic heterocycles. The van der Waals surface area contributed by atoms with Gasteiger partial charge in [0, 0.05) is 0 Å². The van der Waals surface area contributed by atoms with E-state index in [1.54, 1.807) is 42.5 Å². The highest BCUT2D eigenvalue weighted by Gasteiger charge is 1.96. The zero-order valence-corrected chi connectivity index (χ0v) is 14.8. The summed E-state index contributed by atoms with van der Waals surface area (Å²) in [5.41, 5.74) is 19.1. The molecule has 0 unspecified atom stereocenters. The van der Waals surface area contributed by atoms with Gasteiger partial charge in [0.05, 0.1) is 17.1 Å². The molecule has 3 rings (SSSR count). The highest BCUT2D eigenvalue weighted by Crippen LogP contribution is 2.22. The van der Waals surface area contributed by atoms with Crippen molar-refractivity contribution in [2.75, 3.05) is 17.2 Å². The molecule has 0 aromatic heterocycles. The van der Waals surface area contributed by atoms with E-state index in [0.717, 1.165) is 11.1 Å². The zero-order valence-electron chi connectivity index (χ0n) is 14.8. The second kappa shape index (κ2) is 9.68. The summed E-state index contributed by atoms with van der Waals surface area (Å²) < 4.78 is 0. The fourth-order valence-corrected chi connectivity index (χ4v) is 1.82. The third-order valence-corrected chi connectivity index (χ3v) is 3.39. The third-order valence-electron chi connectivity index (χ3n) is 3.39. The lowest BCUT2D eigenvalue weighted by Crippen LogP contribution is -1.85. The largest absolute Gasteiger partial charge is 0.506 e. The van der Waals surface area contributed by atoms with E-state index in [1.165, 1.54) is 0 Å².